The van der Waals surface area contributed by atoms with E-state index in [1.165, 1.54) is 38.5 Å². The van der Waals surface area contributed by atoms with Crippen molar-refractivity contribution >= 4 is 10.0 Å². The summed E-state index contributed by atoms with van der Waals surface area (Å²) in [5.74, 6) is 0.861. The van der Waals surface area contributed by atoms with Crippen LogP contribution in [0.5, 0.6) is 0 Å². The van der Waals surface area contributed by atoms with E-state index in [0.717, 1.165) is 6.54 Å². The van der Waals surface area contributed by atoms with Gasteiger partial charge >= 0.3 is 0 Å². The smallest absolute Gasteiger partial charge is 0.212 e. The molecule has 1 heterocycles. The first-order valence-corrected chi connectivity index (χ1v) is 9.71. The molecule has 0 aromatic heterocycles. The standard InChI is InChI=1S/C14H29N3O2S/c1-2-17-20(18,19)11-10-16-14-8-5-6-12(14)13-7-3-4-9-15-13/h12-17H,2-11H2,1H3. The fourth-order valence-corrected chi connectivity index (χ4v) is 4.61. The van der Waals surface area contributed by atoms with Crippen molar-refractivity contribution in [1.29, 1.82) is 0 Å². The molecule has 0 spiro atoms. The predicted octanol–water partition coefficient (Wildman–Crippen LogP) is 0.826. The number of piperidine rings is 1. The number of sulfonamides is 1. The molecule has 20 heavy (non-hydrogen) atoms. The Hall–Kier alpha value is -0.170. The molecule has 2 rings (SSSR count). The molecule has 118 valence electrons. The molecule has 1 saturated heterocycles. The van der Waals surface area contributed by atoms with Crippen LogP contribution in [0.1, 0.15) is 45.4 Å². The monoisotopic (exact) mass is 303 g/mol. The first kappa shape index (κ1) is 16.2. The minimum absolute atomic E-state index is 0.183. The summed E-state index contributed by atoms with van der Waals surface area (Å²) in [6.07, 6.45) is 7.62. The molecule has 3 atom stereocenters. The van der Waals surface area contributed by atoms with Crippen LogP contribution >= 0.6 is 0 Å². The van der Waals surface area contributed by atoms with Crippen LogP contribution in [0.3, 0.4) is 0 Å². The SMILES string of the molecule is CCNS(=O)(=O)CCNC1CCCC1C1CCCCN1. The van der Waals surface area contributed by atoms with Crippen LogP contribution in [-0.2, 0) is 10.0 Å². The van der Waals surface area contributed by atoms with Gasteiger partial charge in [-0.15, -0.1) is 0 Å². The third-order valence-corrected chi connectivity index (χ3v) is 6.05. The van der Waals surface area contributed by atoms with Crippen LogP contribution in [0.25, 0.3) is 0 Å². The normalized spacial score (nSPS) is 31.6. The summed E-state index contributed by atoms with van der Waals surface area (Å²) in [6, 6.07) is 1.12. The second kappa shape index (κ2) is 7.73. The van der Waals surface area contributed by atoms with E-state index in [0.29, 0.717) is 31.1 Å². The highest BCUT2D eigenvalue weighted by Crippen LogP contribution is 2.31. The Morgan fingerprint density at radius 1 is 1.15 bits per heavy atom. The maximum Gasteiger partial charge on any atom is 0.212 e. The molecule has 3 unspecified atom stereocenters. The average molecular weight is 303 g/mol. The molecule has 6 heteroatoms. The second-order valence-electron chi connectivity index (χ2n) is 6.03. The van der Waals surface area contributed by atoms with Crippen molar-refractivity contribution < 1.29 is 8.42 Å². The van der Waals surface area contributed by atoms with Crippen molar-refractivity contribution in [2.45, 2.75) is 57.5 Å². The fourth-order valence-electron chi connectivity index (χ4n) is 3.64. The maximum atomic E-state index is 11.6. The lowest BCUT2D eigenvalue weighted by molar-refractivity contribution is 0.259. The van der Waals surface area contributed by atoms with Gasteiger partial charge in [0, 0.05) is 25.2 Å². The molecule has 1 aliphatic carbocycles. The van der Waals surface area contributed by atoms with Crippen LogP contribution in [0.2, 0.25) is 0 Å². The van der Waals surface area contributed by atoms with Gasteiger partial charge in [0.25, 0.3) is 0 Å². The Labute approximate surface area is 123 Å². The molecule has 0 bridgehead atoms. The van der Waals surface area contributed by atoms with Crippen LogP contribution < -0.4 is 15.4 Å². The van der Waals surface area contributed by atoms with Gasteiger partial charge in [-0.3, -0.25) is 0 Å². The summed E-state index contributed by atoms with van der Waals surface area (Å²) in [5, 5.41) is 7.13. The molecule has 5 nitrogen and oxygen atoms in total. The van der Waals surface area contributed by atoms with Gasteiger partial charge in [0.15, 0.2) is 0 Å². The minimum Gasteiger partial charge on any atom is -0.314 e. The van der Waals surface area contributed by atoms with Crippen molar-refractivity contribution in [3.05, 3.63) is 0 Å². The number of hydrogen-bond donors (Lipinski definition) is 3. The Morgan fingerprint density at radius 2 is 2.00 bits per heavy atom. The van der Waals surface area contributed by atoms with E-state index in [1.54, 1.807) is 0 Å². The predicted molar refractivity (Wildman–Crippen MR) is 82.2 cm³/mol. The summed E-state index contributed by atoms with van der Waals surface area (Å²) in [5.41, 5.74) is 0. The van der Waals surface area contributed by atoms with Gasteiger partial charge in [0.2, 0.25) is 10.0 Å². The number of hydrogen-bond acceptors (Lipinski definition) is 4. The molecule has 2 fully saturated rings. The van der Waals surface area contributed by atoms with E-state index < -0.39 is 10.0 Å². The van der Waals surface area contributed by atoms with Crippen molar-refractivity contribution in [2.24, 2.45) is 5.92 Å². The van der Waals surface area contributed by atoms with E-state index in [1.807, 2.05) is 6.92 Å². The lowest BCUT2D eigenvalue weighted by Crippen LogP contribution is -2.47. The Kier molecular flexibility index (Phi) is 6.26. The lowest BCUT2D eigenvalue weighted by Gasteiger charge is -2.33. The Bertz CT molecular complexity index is 380. The van der Waals surface area contributed by atoms with Crippen molar-refractivity contribution in [3.8, 4) is 0 Å². The van der Waals surface area contributed by atoms with E-state index in [-0.39, 0.29) is 5.75 Å². The van der Waals surface area contributed by atoms with Crippen molar-refractivity contribution in [1.82, 2.24) is 15.4 Å². The van der Waals surface area contributed by atoms with Gasteiger partial charge in [-0.1, -0.05) is 19.8 Å². The zero-order valence-corrected chi connectivity index (χ0v) is 13.3. The topological polar surface area (TPSA) is 70.2 Å². The third kappa shape index (κ3) is 4.69. The van der Waals surface area contributed by atoms with E-state index >= 15 is 0 Å². The van der Waals surface area contributed by atoms with Crippen LogP contribution in [-0.4, -0.2) is 45.9 Å². The third-order valence-electron chi connectivity index (χ3n) is 4.58. The quantitative estimate of drug-likeness (QED) is 0.651. The molecular weight excluding hydrogens is 274 g/mol. The Morgan fingerprint density at radius 3 is 2.70 bits per heavy atom. The van der Waals surface area contributed by atoms with Gasteiger partial charge in [-0.05, 0) is 38.1 Å². The van der Waals surface area contributed by atoms with Crippen LogP contribution in [0, 0.1) is 5.92 Å². The second-order valence-corrected chi connectivity index (χ2v) is 7.95. The fraction of sp³-hybridized carbons (Fsp3) is 1.00. The van der Waals surface area contributed by atoms with Crippen molar-refractivity contribution in [3.63, 3.8) is 0 Å². The highest BCUT2D eigenvalue weighted by atomic mass is 32.2. The molecule has 1 saturated carbocycles. The van der Waals surface area contributed by atoms with Crippen LogP contribution in [0.4, 0.5) is 0 Å². The summed E-state index contributed by atoms with van der Waals surface area (Å²) < 4.78 is 25.8. The zero-order chi connectivity index (χ0) is 14.4. The molecule has 0 amide bonds. The van der Waals surface area contributed by atoms with Gasteiger partial charge in [0.05, 0.1) is 5.75 Å². The van der Waals surface area contributed by atoms with Gasteiger partial charge in [0.1, 0.15) is 0 Å². The lowest BCUT2D eigenvalue weighted by atomic mass is 9.88. The molecule has 0 aromatic carbocycles. The van der Waals surface area contributed by atoms with E-state index in [4.69, 9.17) is 0 Å². The Balaban J connectivity index is 1.76. The van der Waals surface area contributed by atoms with Gasteiger partial charge < -0.3 is 10.6 Å². The van der Waals surface area contributed by atoms with Gasteiger partial charge in [-0.2, -0.15) is 0 Å². The van der Waals surface area contributed by atoms with Crippen molar-refractivity contribution in [2.75, 3.05) is 25.4 Å². The van der Waals surface area contributed by atoms with E-state index in [9.17, 15) is 8.42 Å². The first-order valence-electron chi connectivity index (χ1n) is 8.06. The molecule has 2 aliphatic rings. The minimum atomic E-state index is -3.09. The number of nitrogens with one attached hydrogen (secondary N) is 3. The first-order chi connectivity index (χ1) is 9.62. The molecular formula is C14H29N3O2S. The largest absolute Gasteiger partial charge is 0.314 e. The average Bonchev–Trinajstić information content (AvgIpc) is 2.88. The molecule has 1 aliphatic heterocycles. The van der Waals surface area contributed by atoms with E-state index in [2.05, 4.69) is 15.4 Å². The highest BCUT2D eigenvalue weighted by molar-refractivity contribution is 7.89. The summed E-state index contributed by atoms with van der Waals surface area (Å²) >= 11 is 0. The molecule has 0 radical (unpaired) electrons. The maximum absolute atomic E-state index is 11.6. The summed E-state index contributed by atoms with van der Waals surface area (Å²) in [6.45, 7) is 3.99. The summed E-state index contributed by atoms with van der Waals surface area (Å²) in [7, 11) is -3.09. The highest BCUT2D eigenvalue weighted by Gasteiger charge is 2.33. The zero-order valence-electron chi connectivity index (χ0n) is 12.5. The van der Waals surface area contributed by atoms with Gasteiger partial charge in [-0.25, -0.2) is 13.1 Å². The summed E-state index contributed by atoms with van der Waals surface area (Å²) in [4.78, 5) is 0. The molecule has 3 N–H and O–H groups in total. The molecule has 0 aromatic rings. The number of rotatable bonds is 7. The van der Waals surface area contributed by atoms with Crippen LogP contribution in [0.15, 0.2) is 0 Å².